The van der Waals surface area contributed by atoms with E-state index in [2.05, 4.69) is 21.1 Å². The minimum absolute atomic E-state index is 0.131. The lowest BCUT2D eigenvalue weighted by atomic mass is 9.69. The Morgan fingerprint density at radius 1 is 1.28 bits per heavy atom. The highest BCUT2D eigenvalue weighted by Gasteiger charge is 2.35. The van der Waals surface area contributed by atoms with Gasteiger partial charge in [-0.2, -0.15) is 0 Å². The Balaban J connectivity index is 2.18. The zero-order valence-electron chi connectivity index (χ0n) is 10.9. The third-order valence-electron chi connectivity index (χ3n) is 4.43. The summed E-state index contributed by atoms with van der Waals surface area (Å²) in [6.45, 7) is 2.77. The Labute approximate surface area is 107 Å². The Kier molecular flexibility index (Phi) is 2.82. The van der Waals surface area contributed by atoms with Crippen molar-refractivity contribution in [3.8, 4) is 0 Å². The summed E-state index contributed by atoms with van der Waals surface area (Å²) in [7, 11) is 0. The number of nitrogens with zero attached hydrogens (tertiary/aromatic N) is 2. The molecular weight excluding hydrogens is 224 g/mol. The van der Waals surface area contributed by atoms with Crippen LogP contribution in [0.15, 0.2) is 12.5 Å². The van der Waals surface area contributed by atoms with E-state index in [1.807, 2.05) is 6.92 Å². The van der Waals surface area contributed by atoms with Crippen LogP contribution in [-0.4, -0.2) is 21.5 Å². The first-order chi connectivity index (χ1) is 8.77. The van der Waals surface area contributed by atoms with Gasteiger partial charge in [0, 0.05) is 23.5 Å². The van der Waals surface area contributed by atoms with Crippen LogP contribution in [0.1, 0.15) is 43.4 Å². The molecule has 0 atom stereocenters. The standard InChI is InChI=1S/C14H20N4/c1-10-12-11(7-16-13(12)18-9-17-10)14(8-15)5-3-2-4-6-14/h7,9H,2-6,8,15H2,1H3,(H,16,17,18). The molecule has 1 fully saturated rings. The van der Waals surface area contributed by atoms with Gasteiger partial charge in [0.2, 0.25) is 0 Å². The van der Waals surface area contributed by atoms with Crippen molar-refractivity contribution in [2.24, 2.45) is 5.73 Å². The van der Waals surface area contributed by atoms with Crippen LogP contribution in [0.2, 0.25) is 0 Å². The minimum atomic E-state index is 0.131. The summed E-state index contributed by atoms with van der Waals surface area (Å²) >= 11 is 0. The maximum atomic E-state index is 6.12. The second-order valence-corrected chi connectivity index (χ2v) is 5.43. The van der Waals surface area contributed by atoms with Crippen LogP contribution in [-0.2, 0) is 5.41 Å². The summed E-state index contributed by atoms with van der Waals surface area (Å²) in [6.07, 6.45) is 9.97. The Morgan fingerprint density at radius 3 is 2.78 bits per heavy atom. The van der Waals surface area contributed by atoms with E-state index in [0.29, 0.717) is 6.54 Å². The quantitative estimate of drug-likeness (QED) is 0.852. The van der Waals surface area contributed by atoms with E-state index in [9.17, 15) is 0 Å². The highest BCUT2D eigenvalue weighted by atomic mass is 14.9. The predicted octanol–water partition coefficient (Wildman–Crippen LogP) is 2.43. The number of aryl methyl sites for hydroxylation is 1. The molecule has 3 rings (SSSR count). The van der Waals surface area contributed by atoms with Gasteiger partial charge >= 0.3 is 0 Å². The molecule has 18 heavy (non-hydrogen) atoms. The molecule has 2 aromatic rings. The molecule has 3 N–H and O–H groups in total. The number of nitrogens with one attached hydrogen (secondary N) is 1. The van der Waals surface area contributed by atoms with Crippen molar-refractivity contribution in [1.82, 2.24) is 15.0 Å². The molecule has 1 saturated carbocycles. The van der Waals surface area contributed by atoms with Crippen LogP contribution in [0.3, 0.4) is 0 Å². The lowest BCUT2D eigenvalue weighted by Gasteiger charge is -2.36. The first-order valence-electron chi connectivity index (χ1n) is 6.76. The predicted molar refractivity (Wildman–Crippen MR) is 72.4 cm³/mol. The maximum Gasteiger partial charge on any atom is 0.141 e. The second-order valence-electron chi connectivity index (χ2n) is 5.43. The molecule has 0 aliphatic heterocycles. The molecule has 2 aromatic heterocycles. The molecular formula is C14H20N4. The van der Waals surface area contributed by atoms with Gasteiger partial charge in [0.25, 0.3) is 0 Å². The summed E-state index contributed by atoms with van der Waals surface area (Å²) < 4.78 is 0. The van der Waals surface area contributed by atoms with Crippen molar-refractivity contribution in [1.29, 1.82) is 0 Å². The van der Waals surface area contributed by atoms with Crippen LogP contribution in [0.5, 0.6) is 0 Å². The molecule has 1 aliphatic rings. The van der Waals surface area contributed by atoms with Gasteiger partial charge in [-0.1, -0.05) is 19.3 Å². The Morgan fingerprint density at radius 2 is 2.06 bits per heavy atom. The van der Waals surface area contributed by atoms with Crippen molar-refractivity contribution in [3.63, 3.8) is 0 Å². The van der Waals surface area contributed by atoms with Gasteiger partial charge in [0.15, 0.2) is 0 Å². The lowest BCUT2D eigenvalue weighted by molar-refractivity contribution is 0.303. The van der Waals surface area contributed by atoms with Crippen molar-refractivity contribution in [2.45, 2.75) is 44.4 Å². The summed E-state index contributed by atoms with van der Waals surface area (Å²) in [4.78, 5) is 11.9. The lowest BCUT2D eigenvalue weighted by Crippen LogP contribution is -2.37. The van der Waals surface area contributed by atoms with E-state index in [0.717, 1.165) is 11.3 Å². The van der Waals surface area contributed by atoms with Gasteiger partial charge in [-0.3, -0.25) is 0 Å². The average Bonchev–Trinajstić information content (AvgIpc) is 2.85. The van der Waals surface area contributed by atoms with Crippen LogP contribution in [0.4, 0.5) is 0 Å². The molecule has 2 heterocycles. The topological polar surface area (TPSA) is 67.6 Å². The van der Waals surface area contributed by atoms with Crippen LogP contribution < -0.4 is 5.73 Å². The molecule has 0 saturated heterocycles. The van der Waals surface area contributed by atoms with E-state index < -0.39 is 0 Å². The summed E-state index contributed by atoms with van der Waals surface area (Å²) in [5, 5.41) is 1.19. The first kappa shape index (κ1) is 11.7. The Hall–Kier alpha value is -1.42. The molecule has 0 unspecified atom stereocenters. The van der Waals surface area contributed by atoms with Crippen molar-refractivity contribution in [3.05, 3.63) is 23.8 Å². The summed E-state index contributed by atoms with van der Waals surface area (Å²) in [5.74, 6) is 0. The molecule has 0 bridgehead atoms. The third-order valence-corrected chi connectivity index (χ3v) is 4.43. The first-order valence-corrected chi connectivity index (χ1v) is 6.76. The molecule has 0 aromatic carbocycles. The highest BCUT2D eigenvalue weighted by molar-refractivity contribution is 5.83. The van der Waals surface area contributed by atoms with Gasteiger partial charge in [0.1, 0.15) is 12.0 Å². The van der Waals surface area contributed by atoms with E-state index in [4.69, 9.17) is 5.73 Å². The number of rotatable bonds is 2. The fourth-order valence-corrected chi connectivity index (χ4v) is 3.35. The SMILES string of the molecule is Cc1ncnc2[nH]cc(C3(CN)CCCCC3)c12. The number of nitrogens with two attached hydrogens (primary N) is 1. The van der Waals surface area contributed by atoms with Crippen LogP contribution in [0.25, 0.3) is 11.0 Å². The van der Waals surface area contributed by atoms with Gasteiger partial charge in [-0.05, 0) is 25.3 Å². The largest absolute Gasteiger partial charge is 0.346 e. The number of hydrogen-bond donors (Lipinski definition) is 2. The van der Waals surface area contributed by atoms with E-state index in [1.54, 1.807) is 6.33 Å². The third kappa shape index (κ3) is 1.63. The zero-order valence-corrected chi connectivity index (χ0v) is 10.9. The number of aromatic nitrogens is 3. The van der Waals surface area contributed by atoms with Crippen molar-refractivity contribution >= 4 is 11.0 Å². The zero-order chi connectivity index (χ0) is 12.6. The molecule has 0 radical (unpaired) electrons. The van der Waals surface area contributed by atoms with Gasteiger partial charge in [-0.15, -0.1) is 0 Å². The number of H-pyrrole nitrogens is 1. The van der Waals surface area contributed by atoms with E-state index in [1.165, 1.54) is 43.1 Å². The fourth-order valence-electron chi connectivity index (χ4n) is 3.35. The fraction of sp³-hybridized carbons (Fsp3) is 0.571. The second kappa shape index (κ2) is 4.35. The molecule has 96 valence electrons. The molecule has 0 spiro atoms. The number of hydrogen-bond acceptors (Lipinski definition) is 3. The average molecular weight is 244 g/mol. The Bertz CT molecular complexity index is 552. The maximum absolute atomic E-state index is 6.12. The molecule has 4 nitrogen and oxygen atoms in total. The number of aromatic amines is 1. The molecule has 0 amide bonds. The van der Waals surface area contributed by atoms with Crippen molar-refractivity contribution < 1.29 is 0 Å². The van der Waals surface area contributed by atoms with Gasteiger partial charge in [-0.25, -0.2) is 9.97 Å². The monoisotopic (exact) mass is 244 g/mol. The molecule has 1 aliphatic carbocycles. The van der Waals surface area contributed by atoms with E-state index in [-0.39, 0.29) is 5.41 Å². The van der Waals surface area contributed by atoms with Gasteiger partial charge < -0.3 is 10.7 Å². The molecule has 4 heteroatoms. The summed E-state index contributed by atoms with van der Waals surface area (Å²) in [5.41, 5.74) is 9.57. The smallest absolute Gasteiger partial charge is 0.141 e. The van der Waals surface area contributed by atoms with Crippen LogP contribution in [0, 0.1) is 6.92 Å². The normalized spacial score (nSPS) is 19.2. The van der Waals surface area contributed by atoms with Crippen LogP contribution >= 0.6 is 0 Å². The number of fused-ring (bicyclic) bond motifs is 1. The van der Waals surface area contributed by atoms with Gasteiger partial charge in [0.05, 0.1) is 5.69 Å². The van der Waals surface area contributed by atoms with E-state index >= 15 is 0 Å². The van der Waals surface area contributed by atoms with Crippen molar-refractivity contribution in [2.75, 3.05) is 6.54 Å². The summed E-state index contributed by atoms with van der Waals surface area (Å²) in [6, 6.07) is 0. The minimum Gasteiger partial charge on any atom is -0.346 e. The highest BCUT2D eigenvalue weighted by Crippen LogP contribution is 2.41.